The highest BCUT2D eigenvalue weighted by Gasteiger charge is 2.28. The van der Waals surface area contributed by atoms with Crippen molar-refractivity contribution in [1.29, 1.82) is 0 Å². The summed E-state index contributed by atoms with van der Waals surface area (Å²) < 4.78 is 6.91. The lowest BCUT2D eigenvalue weighted by Gasteiger charge is -2.34. The zero-order valence-corrected chi connectivity index (χ0v) is 14.3. The molecule has 0 spiro atoms. The van der Waals surface area contributed by atoms with Crippen LogP contribution in [0, 0.1) is 6.92 Å². The number of amides is 2. The van der Waals surface area contributed by atoms with Crippen LogP contribution in [-0.2, 0) is 13.0 Å². The van der Waals surface area contributed by atoms with E-state index in [0.29, 0.717) is 43.2 Å². The molecule has 0 N–H and O–H groups in total. The predicted molar refractivity (Wildman–Crippen MR) is 88.2 cm³/mol. The highest BCUT2D eigenvalue weighted by molar-refractivity contribution is 5.95. The summed E-state index contributed by atoms with van der Waals surface area (Å²) in [6, 6.07) is 1.92. The Morgan fingerprint density at radius 1 is 1.04 bits per heavy atom. The molecule has 1 fully saturated rings. The summed E-state index contributed by atoms with van der Waals surface area (Å²) in [5.41, 5.74) is 2.15. The lowest BCUT2D eigenvalue weighted by molar-refractivity contribution is 0.0530. The maximum Gasteiger partial charge on any atom is 0.274 e. The normalized spacial score (nSPS) is 17.5. The van der Waals surface area contributed by atoms with E-state index < -0.39 is 0 Å². The van der Waals surface area contributed by atoms with Crippen molar-refractivity contribution < 1.29 is 14.1 Å². The van der Waals surface area contributed by atoms with Gasteiger partial charge >= 0.3 is 0 Å². The second kappa shape index (κ2) is 6.34. The number of carbonyl (C=O) groups is 2. The fraction of sp³-hybridized carbons (Fsp3) is 0.529. The quantitative estimate of drug-likeness (QED) is 0.816. The minimum atomic E-state index is -0.0942. The monoisotopic (exact) mass is 343 g/mol. The molecule has 8 nitrogen and oxygen atoms in total. The van der Waals surface area contributed by atoms with Crippen LogP contribution >= 0.6 is 0 Å². The summed E-state index contributed by atoms with van der Waals surface area (Å²) in [7, 11) is 0. The van der Waals surface area contributed by atoms with Gasteiger partial charge < -0.3 is 14.3 Å². The van der Waals surface area contributed by atoms with Gasteiger partial charge in [-0.1, -0.05) is 5.16 Å². The van der Waals surface area contributed by atoms with Gasteiger partial charge in [-0.05, 0) is 32.3 Å². The lowest BCUT2D eigenvalue weighted by Crippen LogP contribution is -2.50. The molecule has 1 saturated heterocycles. The molecule has 132 valence electrons. The number of aromatic nitrogens is 3. The topological polar surface area (TPSA) is 84.5 Å². The SMILES string of the molecule is Cc1oncc1C(=O)N1CCN(C(=O)c2cc3n(n2)CCCC3)CC1. The van der Waals surface area contributed by atoms with Gasteiger partial charge in [-0.2, -0.15) is 5.10 Å². The van der Waals surface area contributed by atoms with Crippen LogP contribution < -0.4 is 0 Å². The Labute approximate surface area is 145 Å². The van der Waals surface area contributed by atoms with Crippen LogP contribution in [0.25, 0.3) is 0 Å². The molecule has 0 atom stereocenters. The van der Waals surface area contributed by atoms with Gasteiger partial charge in [0.2, 0.25) is 0 Å². The van der Waals surface area contributed by atoms with Gasteiger partial charge in [0.1, 0.15) is 11.3 Å². The Hall–Kier alpha value is -2.64. The zero-order valence-electron chi connectivity index (χ0n) is 14.3. The van der Waals surface area contributed by atoms with Crippen molar-refractivity contribution >= 4 is 11.8 Å². The third-order valence-electron chi connectivity index (χ3n) is 4.97. The van der Waals surface area contributed by atoms with Gasteiger partial charge in [0.05, 0.1) is 6.20 Å². The summed E-state index contributed by atoms with van der Waals surface area (Å²) in [6.45, 7) is 4.64. The Morgan fingerprint density at radius 2 is 1.76 bits per heavy atom. The molecule has 0 bridgehead atoms. The van der Waals surface area contributed by atoms with Gasteiger partial charge in [0, 0.05) is 38.4 Å². The van der Waals surface area contributed by atoms with Crippen LogP contribution in [0.3, 0.4) is 0 Å². The predicted octanol–water partition coefficient (Wildman–Crippen LogP) is 1.11. The molecular weight excluding hydrogens is 322 g/mol. The molecule has 2 amide bonds. The number of carbonyl (C=O) groups excluding carboxylic acids is 2. The van der Waals surface area contributed by atoms with Crippen LogP contribution in [0.15, 0.2) is 16.8 Å². The van der Waals surface area contributed by atoms with Gasteiger partial charge in [-0.15, -0.1) is 0 Å². The third kappa shape index (κ3) is 2.92. The van der Waals surface area contributed by atoms with E-state index in [-0.39, 0.29) is 11.8 Å². The first kappa shape index (κ1) is 15.9. The smallest absolute Gasteiger partial charge is 0.274 e. The molecule has 0 aromatic carbocycles. The van der Waals surface area contributed by atoms with Gasteiger partial charge in [0.25, 0.3) is 11.8 Å². The largest absolute Gasteiger partial charge is 0.361 e. The standard InChI is InChI=1S/C17H21N5O3/c1-12-14(11-18-25-12)16(23)20-6-8-21(9-7-20)17(24)15-10-13-4-2-3-5-22(13)19-15/h10-11H,2-9H2,1H3. The molecule has 0 radical (unpaired) electrons. The Balaban J connectivity index is 1.40. The molecule has 0 saturated carbocycles. The van der Waals surface area contributed by atoms with Crippen molar-refractivity contribution in [2.24, 2.45) is 0 Å². The first-order chi connectivity index (χ1) is 12.1. The fourth-order valence-electron chi connectivity index (χ4n) is 3.47. The summed E-state index contributed by atoms with van der Waals surface area (Å²) >= 11 is 0. The molecule has 0 aliphatic carbocycles. The number of hydrogen-bond acceptors (Lipinski definition) is 5. The van der Waals surface area contributed by atoms with Gasteiger partial charge in [-0.25, -0.2) is 0 Å². The van der Waals surface area contributed by atoms with Crippen LogP contribution in [-0.4, -0.2) is 62.7 Å². The van der Waals surface area contributed by atoms with Crippen LogP contribution in [0.2, 0.25) is 0 Å². The molecule has 25 heavy (non-hydrogen) atoms. The first-order valence-electron chi connectivity index (χ1n) is 8.70. The van der Waals surface area contributed by atoms with Crippen molar-refractivity contribution in [3.8, 4) is 0 Å². The van der Waals surface area contributed by atoms with Crippen molar-refractivity contribution in [3.63, 3.8) is 0 Å². The molecule has 2 aromatic heterocycles. The maximum atomic E-state index is 12.7. The zero-order chi connectivity index (χ0) is 17.4. The Bertz CT molecular complexity index is 778. The number of fused-ring (bicyclic) bond motifs is 1. The molecule has 2 aromatic rings. The van der Waals surface area contributed by atoms with Crippen molar-refractivity contribution in [2.45, 2.75) is 32.7 Å². The Kier molecular flexibility index (Phi) is 4.03. The average molecular weight is 343 g/mol. The molecule has 8 heteroatoms. The van der Waals surface area contributed by atoms with E-state index >= 15 is 0 Å². The second-order valence-electron chi connectivity index (χ2n) is 6.58. The fourth-order valence-corrected chi connectivity index (χ4v) is 3.47. The van der Waals surface area contributed by atoms with Crippen LogP contribution in [0.4, 0.5) is 0 Å². The molecule has 2 aliphatic rings. The number of nitrogens with zero attached hydrogens (tertiary/aromatic N) is 5. The highest BCUT2D eigenvalue weighted by atomic mass is 16.5. The molecular formula is C17H21N5O3. The van der Waals surface area contributed by atoms with Gasteiger partial charge in [0.15, 0.2) is 5.69 Å². The summed E-state index contributed by atoms with van der Waals surface area (Å²) in [4.78, 5) is 28.7. The third-order valence-corrected chi connectivity index (χ3v) is 4.97. The van der Waals surface area contributed by atoms with Gasteiger partial charge in [-0.3, -0.25) is 14.3 Å². The van der Waals surface area contributed by atoms with E-state index in [1.807, 2.05) is 10.7 Å². The first-order valence-corrected chi connectivity index (χ1v) is 8.70. The van der Waals surface area contributed by atoms with Crippen LogP contribution in [0.1, 0.15) is 45.1 Å². The summed E-state index contributed by atoms with van der Waals surface area (Å²) in [5, 5.41) is 8.11. The van der Waals surface area contributed by atoms with Crippen molar-refractivity contribution in [1.82, 2.24) is 24.7 Å². The summed E-state index contributed by atoms with van der Waals surface area (Å²) in [5.74, 6) is 0.380. The van der Waals surface area contributed by atoms with E-state index in [0.717, 1.165) is 31.5 Å². The Morgan fingerprint density at radius 3 is 2.40 bits per heavy atom. The molecule has 4 heterocycles. The van der Waals surface area contributed by atoms with E-state index in [1.54, 1.807) is 16.7 Å². The molecule has 0 unspecified atom stereocenters. The molecule has 4 rings (SSSR count). The van der Waals surface area contributed by atoms with E-state index in [1.165, 1.54) is 6.20 Å². The van der Waals surface area contributed by atoms with E-state index in [4.69, 9.17) is 4.52 Å². The minimum Gasteiger partial charge on any atom is -0.361 e. The number of piperazine rings is 1. The average Bonchev–Trinajstić information content (AvgIpc) is 3.26. The second-order valence-corrected chi connectivity index (χ2v) is 6.58. The highest BCUT2D eigenvalue weighted by Crippen LogP contribution is 2.18. The summed E-state index contributed by atoms with van der Waals surface area (Å²) in [6.07, 6.45) is 4.71. The van der Waals surface area contributed by atoms with Crippen LogP contribution in [0.5, 0.6) is 0 Å². The minimum absolute atomic E-state index is 0.0462. The maximum absolute atomic E-state index is 12.7. The number of rotatable bonds is 2. The van der Waals surface area contributed by atoms with E-state index in [9.17, 15) is 9.59 Å². The number of hydrogen-bond donors (Lipinski definition) is 0. The van der Waals surface area contributed by atoms with Crippen molar-refractivity contribution in [3.05, 3.63) is 35.0 Å². The molecule has 2 aliphatic heterocycles. The lowest BCUT2D eigenvalue weighted by atomic mass is 10.1. The van der Waals surface area contributed by atoms with Crippen molar-refractivity contribution in [2.75, 3.05) is 26.2 Å². The number of aryl methyl sites for hydroxylation is 3. The van der Waals surface area contributed by atoms with E-state index in [2.05, 4.69) is 10.3 Å².